The second-order valence-corrected chi connectivity index (χ2v) is 11.8. The number of fused-ring (bicyclic) bond motifs is 1. The predicted octanol–water partition coefficient (Wildman–Crippen LogP) is 5.70. The molecule has 0 aliphatic rings. The van der Waals surface area contributed by atoms with Crippen molar-refractivity contribution in [2.24, 2.45) is 5.41 Å². The van der Waals surface area contributed by atoms with E-state index in [2.05, 4.69) is 0 Å². The van der Waals surface area contributed by atoms with Crippen molar-refractivity contribution in [3.05, 3.63) is 115 Å². The number of benzene rings is 3. The van der Waals surface area contributed by atoms with E-state index in [0.29, 0.717) is 38.2 Å². The molecule has 3 aromatic carbocycles. The molecule has 0 amide bonds. The molecule has 10 nitrogen and oxygen atoms in total. The van der Waals surface area contributed by atoms with Crippen LogP contribution in [0.15, 0.2) is 82.4 Å². The average Bonchev–Trinajstić information content (AvgIpc) is 3.39. The molecule has 0 atom stereocenters. The molecule has 0 saturated heterocycles. The second kappa shape index (κ2) is 12.1. The van der Waals surface area contributed by atoms with Gasteiger partial charge in [-0.2, -0.15) is 0 Å². The number of hydrogen-bond donors (Lipinski definition) is 0. The van der Waals surface area contributed by atoms with Gasteiger partial charge in [-0.3, -0.25) is 18.7 Å². The maximum atomic E-state index is 14.1. The minimum Gasteiger partial charge on any atom is -0.465 e. The number of nitrogens with zero attached hydrogens (tertiary/aromatic N) is 4. The highest BCUT2D eigenvalue weighted by Gasteiger charge is 2.27. The molecule has 0 bridgehead atoms. The fourth-order valence-corrected chi connectivity index (χ4v) is 4.89. The Labute approximate surface area is 262 Å². The van der Waals surface area contributed by atoms with Gasteiger partial charge in [0.15, 0.2) is 17.9 Å². The van der Waals surface area contributed by atoms with Gasteiger partial charge < -0.3 is 9.47 Å². The van der Waals surface area contributed by atoms with Crippen LogP contribution in [0.5, 0.6) is 0 Å². The molecule has 0 fully saturated rings. The van der Waals surface area contributed by atoms with Crippen LogP contribution in [0, 0.1) is 5.41 Å². The Hall–Kier alpha value is -4.67. The van der Waals surface area contributed by atoms with Crippen molar-refractivity contribution >= 4 is 46.3 Å². The normalized spacial score (nSPS) is 11.5. The average molecular weight is 636 g/mol. The Morgan fingerprint density at radius 1 is 0.886 bits per heavy atom. The lowest BCUT2D eigenvalue weighted by Crippen LogP contribution is -2.42. The van der Waals surface area contributed by atoms with Crippen molar-refractivity contribution in [3.8, 4) is 17.1 Å². The number of ether oxygens (including phenoxy) is 2. The Balaban J connectivity index is 1.81. The van der Waals surface area contributed by atoms with E-state index in [4.69, 9.17) is 37.7 Å². The van der Waals surface area contributed by atoms with Crippen LogP contribution in [-0.2, 0) is 27.5 Å². The maximum absolute atomic E-state index is 14.1. The van der Waals surface area contributed by atoms with E-state index >= 15 is 0 Å². The molecule has 2 heterocycles. The molecular formula is C32H28Cl2N4O6. The zero-order valence-electron chi connectivity index (χ0n) is 24.3. The summed E-state index contributed by atoms with van der Waals surface area (Å²) in [5, 5.41) is 0.862. The van der Waals surface area contributed by atoms with Gasteiger partial charge in [0.1, 0.15) is 5.82 Å². The Morgan fingerprint density at radius 2 is 1.55 bits per heavy atom. The van der Waals surface area contributed by atoms with Crippen LogP contribution in [0.1, 0.15) is 36.7 Å². The first-order valence-corrected chi connectivity index (χ1v) is 14.3. The minimum atomic E-state index is -0.865. The number of rotatable bonds is 7. The molecular weight excluding hydrogens is 607 g/mol. The molecule has 0 N–H and O–H groups in total. The third-order valence-electron chi connectivity index (χ3n) is 6.88. The minimum absolute atomic E-state index is 0.0239. The largest absolute Gasteiger partial charge is 0.465 e. The molecule has 0 aliphatic carbocycles. The van der Waals surface area contributed by atoms with E-state index in [1.54, 1.807) is 98.1 Å². The molecule has 5 aromatic rings. The molecule has 226 valence electrons. The van der Waals surface area contributed by atoms with Crippen molar-refractivity contribution in [2.45, 2.75) is 34.0 Å². The van der Waals surface area contributed by atoms with Crippen LogP contribution in [0.3, 0.4) is 0 Å². The van der Waals surface area contributed by atoms with Crippen LogP contribution in [0.4, 0.5) is 0 Å². The standard InChI is InChI=1S/C32H28Cl2N4O6/c1-32(2,3)30(41)44-18-37-28(39)25-27(36(31(37)42)17-19-9-11-20(12-10-19)29(40)43-4)35-26(23-7-5-6-8-24(23)34)38(25)22-15-13-21(33)14-16-22/h5-16H,17-18H2,1-4H3. The highest BCUT2D eigenvalue weighted by atomic mass is 35.5. The molecule has 0 spiro atoms. The van der Waals surface area contributed by atoms with Gasteiger partial charge in [-0.1, -0.05) is 47.5 Å². The van der Waals surface area contributed by atoms with E-state index in [9.17, 15) is 19.2 Å². The quantitative estimate of drug-likeness (QED) is 0.211. The Bertz CT molecular complexity index is 2000. The van der Waals surface area contributed by atoms with Gasteiger partial charge in [-0.25, -0.2) is 19.1 Å². The van der Waals surface area contributed by atoms with E-state index in [0.717, 1.165) is 4.57 Å². The van der Waals surface area contributed by atoms with E-state index in [-0.39, 0.29) is 17.7 Å². The van der Waals surface area contributed by atoms with Gasteiger partial charge in [0.2, 0.25) is 0 Å². The third kappa shape index (κ3) is 5.91. The first-order chi connectivity index (χ1) is 20.9. The number of esters is 2. The van der Waals surface area contributed by atoms with Crippen LogP contribution < -0.4 is 11.2 Å². The number of imidazole rings is 1. The van der Waals surface area contributed by atoms with Crippen LogP contribution in [0.25, 0.3) is 28.2 Å². The van der Waals surface area contributed by atoms with Crippen molar-refractivity contribution in [2.75, 3.05) is 7.11 Å². The molecule has 44 heavy (non-hydrogen) atoms. The van der Waals surface area contributed by atoms with Crippen molar-refractivity contribution in [1.29, 1.82) is 0 Å². The monoisotopic (exact) mass is 634 g/mol. The second-order valence-electron chi connectivity index (χ2n) is 11.0. The van der Waals surface area contributed by atoms with Crippen LogP contribution in [0.2, 0.25) is 10.0 Å². The number of halogens is 2. The van der Waals surface area contributed by atoms with E-state index in [1.807, 2.05) is 0 Å². The van der Waals surface area contributed by atoms with Gasteiger partial charge in [0.05, 0.1) is 29.7 Å². The molecule has 2 aromatic heterocycles. The highest BCUT2D eigenvalue weighted by Crippen LogP contribution is 2.32. The lowest BCUT2D eigenvalue weighted by molar-refractivity contribution is -0.157. The molecule has 0 unspecified atom stereocenters. The summed E-state index contributed by atoms with van der Waals surface area (Å²) in [5.41, 5.74) is -0.158. The fourth-order valence-electron chi connectivity index (χ4n) is 4.55. The first-order valence-electron chi connectivity index (χ1n) is 13.5. The van der Waals surface area contributed by atoms with Crippen molar-refractivity contribution < 1.29 is 19.1 Å². The summed E-state index contributed by atoms with van der Waals surface area (Å²) in [6, 6.07) is 20.3. The summed E-state index contributed by atoms with van der Waals surface area (Å²) in [7, 11) is 1.29. The van der Waals surface area contributed by atoms with Crippen LogP contribution >= 0.6 is 23.2 Å². The summed E-state index contributed by atoms with van der Waals surface area (Å²) in [4.78, 5) is 57.5. The third-order valence-corrected chi connectivity index (χ3v) is 7.46. The lowest BCUT2D eigenvalue weighted by Gasteiger charge is -2.18. The van der Waals surface area contributed by atoms with Crippen molar-refractivity contribution in [1.82, 2.24) is 18.7 Å². The van der Waals surface area contributed by atoms with Crippen LogP contribution in [-0.4, -0.2) is 37.7 Å². The van der Waals surface area contributed by atoms with Gasteiger partial charge in [0.25, 0.3) is 5.56 Å². The zero-order chi connectivity index (χ0) is 31.8. The molecule has 5 rings (SSSR count). The van der Waals surface area contributed by atoms with E-state index < -0.39 is 35.3 Å². The molecule has 0 radical (unpaired) electrons. The number of hydrogen-bond acceptors (Lipinski definition) is 7. The van der Waals surface area contributed by atoms with Gasteiger partial charge in [0, 0.05) is 16.3 Å². The SMILES string of the molecule is COC(=O)c1ccc(Cn2c(=O)n(COC(=O)C(C)(C)C)c(=O)c3c2nc(-c2ccccc2Cl)n3-c2ccc(Cl)cc2)cc1. The number of aromatic nitrogens is 4. The number of methoxy groups -OCH3 is 1. The molecule has 0 aliphatic heterocycles. The van der Waals surface area contributed by atoms with Gasteiger partial charge in [-0.15, -0.1) is 0 Å². The predicted molar refractivity (Wildman–Crippen MR) is 167 cm³/mol. The summed E-state index contributed by atoms with van der Waals surface area (Å²) < 4.78 is 14.0. The molecule has 0 saturated carbocycles. The Kier molecular flexibility index (Phi) is 8.49. The first kappa shape index (κ1) is 30.8. The summed E-state index contributed by atoms with van der Waals surface area (Å²) in [6.07, 6.45) is 0. The molecule has 12 heteroatoms. The van der Waals surface area contributed by atoms with Crippen molar-refractivity contribution in [3.63, 3.8) is 0 Å². The fraction of sp³-hybridized carbons (Fsp3) is 0.219. The van der Waals surface area contributed by atoms with Gasteiger partial charge in [-0.05, 0) is 74.9 Å². The number of carbonyl (C=O) groups excluding carboxylic acids is 2. The summed E-state index contributed by atoms with van der Waals surface area (Å²) in [5.74, 6) is -0.781. The summed E-state index contributed by atoms with van der Waals surface area (Å²) >= 11 is 12.8. The van der Waals surface area contributed by atoms with E-state index in [1.165, 1.54) is 11.7 Å². The maximum Gasteiger partial charge on any atom is 0.337 e. The number of carbonyl (C=O) groups is 2. The zero-order valence-corrected chi connectivity index (χ0v) is 25.8. The summed E-state index contributed by atoms with van der Waals surface area (Å²) in [6.45, 7) is 4.37. The Morgan fingerprint density at radius 3 is 2.16 bits per heavy atom. The topological polar surface area (TPSA) is 114 Å². The smallest absolute Gasteiger partial charge is 0.337 e. The van der Waals surface area contributed by atoms with Gasteiger partial charge >= 0.3 is 17.6 Å². The highest BCUT2D eigenvalue weighted by molar-refractivity contribution is 6.33. The lowest BCUT2D eigenvalue weighted by atomic mass is 9.98.